The Hall–Kier alpha value is -1.57. The van der Waals surface area contributed by atoms with Gasteiger partial charge in [0.05, 0.1) is 18.8 Å². The summed E-state index contributed by atoms with van der Waals surface area (Å²) in [4.78, 5) is 54.8. The van der Waals surface area contributed by atoms with Crippen LogP contribution in [0.15, 0.2) is 20.9 Å². The molecular formula is C11H16BFN5O11P3. The van der Waals surface area contributed by atoms with Crippen LogP contribution in [0.4, 0.5) is 4.39 Å². The molecule has 1 saturated heterocycles. The molecule has 0 spiro atoms. The Morgan fingerprint density at radius 2 is 2.06 bits per heavy atom. The molecule has 16 nitrogen and oxygen atoms in total. The Morgan fingerprint density at radius 1 is 1.44 bits per heavy atom. The second kappa shape index (κ2) is 9.74. The fourth-order valence-corrected chi connectivity index (χ4v) is 6.68. The molecule has 1 aromatic rings. The Kier molecular flexibility index (Phi) is 8.12. The van der Waals surface area contributed by atoms with Gasteiger partial charge in [-0.2, -0.15) is 0 Å². The molecule has 1 aromatic heterocycles. The Morgan fingerprint density at radius 3 is 2.62 bits per heavy atom. The van der Waals surface area contributed by atoms with Gasteiger partial charge < -0.3 is 23.9 Å². The van der Waals surface area contributed by atoms with Gasteiger partial charge in [0, 0.05) is 23.1 Å². The first-order valence-corrected chi connectivity index (χ1v) is 13.3. The molecule has 21 heteroatoms. The van der Waals surface area contributed by atoms with E-state index in [9.17, 15) is 32.6 Å². The Labute approximate surface area is 178 Å². The van der Waals surface area contributed by atoms with Crippen LogP contribution in [0.3, 0.4) is 0 Å². The molecule has 1 aliphatic heterocycles. The molecule has 0 aliphatic carbocycles. The van der Waals surface area contributed by atoms with Gasteiger partial charge in [-0.15, -0.1) is 0 Å². The molecule has 3 unspecified atom stereocenters. The molecule has 2 heterocycles. The summed E-state index contributed by atoms with van der Waals surface area (Å²) in [6, 6.07) is -1.03. The maximum atomic E-state index is 13.5. The van der Waals surface area contributed by atoms with Gasteiger partial charge in [-0.05, 0) is 12.5 Å². The Bertz CT molecular complexity index is 1180. The third kappa shape index (κ3) is 6.49. The SMILES string of the molecule is [B]P(=O)(OC[C@H]1O[C@@H](n2cc(C)c(=O)[nH]c2=O)C[C@H]1N=[N+]=[N-])OP(=O)(O)C(F)P(=O)(O)O. The molecule has 1 aliphatic rings. The molecule has 1 fully saturated rings. The van der Waals surface area contributed by atoms with E-state index in [4.69, 9.17) is 27.6 Å². The van der Waals surface area contributed by atoms with Crippen molar-refractivity contribution in [1.29, 1.82) is 0 Å². The largest absolute Gasteiger partial charge is 0.381 e. The van der Waals surface area contributed by atoms with Crippen molar-refractivity contribution in [3.63, 3.8) is 0 Å². The van der Waals surface area contributed by atoms with Crippen LogP contribution in [0.25, 0.3) is 10.4 Å². The predicted molar refractivity (Wildman–Crippen MR) is 105 cm³/mol. The van der Waals surface area contributed by atoms with Crippen molar-refractivity contribution in [1.82, 2.24) is 9.55 Å². The van der Waals surface area contributed by atoms with E-state index in [-0.39, 0.29) is 12.0 Å². The molecule has 2 rings (SSSR count). The van der Waals surface area contributed by atoms with Crippen LogP contribution in [0.5, 0.6) is 0 Å². The summed E-state index contributed by atoms with van der Waals surface area (Å²) in [5, 5.41) is 3.44. The highest BCUT2D eigenvalue weighted by atomic mass is 31.3. The van der Waals surface area contributed by atoms with Crippen molar-refractivity contribution < 1.29 is 46.3 Å². The van der Waals surface area contributed by atoms with E-state index in [2.05, 4.69) is 18.9 Å². The number of hydrogen-bond donors (Lipinski definition) is 4. The number of aromatic amines is 1. The van der Waals surface area contributed by atoms with Crippen molar-refractivity contribution in [2.75, 3.05) is 6.61 Å². The van der Waals surface area contributed by atoms with E-state index in [1.165, 1.54) is 13.1 Å². The lowest BCUT2D eigenvalue weighted by molar-refractivity contribution is -0.0231. The first-order chi connectivity index (χ1) is 14.6. The number of nitrogens with one attached hydrogen (secondary N) is 1. The zero-order valence-electron chi connectivity index (χ0n) is 16.0. The molecule has 176 valence electrons. The average Bonchev–Trinajstić information content (AvgIpc) is 3.04. The van der Waals surface area contributed by atoms with Crippen molar-refractivity contribution in [3.05, 3.63) is 43.0 Å². The van der Waals surface area contributed by atoms with Crippen LogP contribution in [-0.2, 0) is 27.3 Å². The highest BCUT2D eigenvalue weighted by molar-refractivity contribution is 7.85. The van der Waals surface area contributed by atoms with Gasteiger partial charge in [0.15, 0.2) is 0 Å². The molecular weight excluding hydrogens is 501 g/mol. The molecule has 32 heavy (non-hydrogen) atoms. The van der Waals surface area contributed by atoms with Crippen molar-refractivity contribution in [2.45, 2.75) is 37.4 Å². The standard InChI is InChI=1S/C11H16BFN5O11P3/c1-5-3-18(11(20)15-9(5)19)8-2-6(16-17-14)7(28-8)4-27-32(12,26)29-31(24,25)10(13)30(21,22)23/h3,6-8,10H,2,4H2,1H3,(H,24,25)(H,15,19,20)(H2,21,22,23)/t6-,7-,8-,10?,32?/m1/s1. The number of hydrogen-bond acceptors (Lipinski definition) is 9. The van der Waals surface area contributed by atoms with Crippen molar-refractivity contribution in [2.24, 2.45) is 5.11 Å². The summed E-state index contributed by atoms with van der Waals surface area (Å²) in [5.41, 5.74) is 3.67. The van der Waals surface area contributed by atoms with Crippen LogP contribution in [0.2, 0.25) is 0 Å². The van der Waals surface area contributed by atoms with Crippen LogP contribution in [-0.4, -0.2) is 56.2 Å². The first-order valence-electron chi connectivity index (χ1n) is 8.35. The number of rotatable bonds is 9. The fraction of sp³-hybridized carbons (Fsp3) is 0.636. The van der Waals surface area contributed by atoms with Crippen LogP contribution < -0.4 is 11.2 Å². The molecule has 6 atom stereocenters. The van der Waals surface area contributed by atoms with Crippen LogP contribution in [0.1, 0.15) is 18.2 Å². The molecule has 0 amide bonds. The number of azide groups is 1. The normalized spacial score (nSPS) is 26.0. The lowest BCUT2D eigenvalue weighted by Gasteiger charge is -2.23. The summed E-state index contributed by atoms with van der Waals surface area (Å²) in [7, 11) is -11.6. The first kappa shape index (κ1) is 26.7. The highest BCUT2D eigenvalue weighted by Gasteiger charge is 2.49. The van der Waals surface area contributed by atoms with Gasteiger partial charge in [-0.1, -0.05) is 5.11 Å². The van der Waals surface area contributed by atoms with Gasteiger partial charge in [-0.3, -0.25) is 28.0 Å². The average molecular weight is 517 g/mol. The van der Waals surface area contributed by atoms with E-state index >= 15 is 0 Å². The number of alkyl halides is 1. The highest BCUT2D eigenvalue weighted by Crippen LogP contribution is 2.70. The van der Waals surface area contributed by atoms with Gasteiger partial charge in [0.2, 0.25) is 7.57 Å². The molecule has 0 saturated carbocycles. The summed E-state index contributed by atoms with van der Waals surface area (Å²) in [6.07, 6.45) is -1.24. The minimum Gasteiger partial charge on any atom is -0.352 e. The Balaban J connectivity index is 2.16. The molecule has 2 radical (unpaired) electrons. The zero-order chi connectivity index (χ0) is 24.5. The summed E-state index contributed by atoms with van der Waals surface area (Å²) >= 11 is 0. The van der Waals surface area contributed by atoms with Crippen molar-refractivity contribution in [3.8, 4) is 0 Å². The molecule has 4 N–H and O–H groups in total. The number of halogens is 1. The maximum Gasteiger partial charge on any atom is 0.381 e. The minimum atomic E-state index is -5.84. The summed E-state index contributed by atoms with van der Waals surface area (Å²) in [5.74, 6) is 0. The number of ether oxygens (including phenoxy) is 1. The smallest absolute Gasteiger partial charge is 0.352 e. The molecule has 0 aromatic carbocycles. The lowest BCUT2D eigenvalue weighted by atomic mass is 10.1. The number of H-pyrrole nitrogens is 1. The van der Waals surface area contributed by atoms with Crippen LogP contribution >= 0.6 is 22.7 Å². The monoisotopic (exact) mass is 517 g/mol. The number of aromatic nitrogens is 2. The molecule has 0 bridgehead atoms. The fourth-order valence-electron chi connectivity index (χ4n) is 2.62. The predicted octanol–water partition coefficient (Wildman–Crippen LogP) is 0.737. The number of aryl methyl sites for hydroxylation is 1. The quantitative estimate of drug-likeness (QED) is 0.117. The third-order valence-corrected chi connectivity index (χ3v) is 9.28. The lowest BCUT2D eigenvalue weighted by Crippen LogP contribution is -2.33. The second-order valence-electron chi connectivity index (χ2n) is 6.50. The zero-order valence-corrected chi connectivity index (χ0v) is 18.7. The van der Waals surface area contributed by atoms with Crippen molar-refractivity contribution >= 4 is 30.2 Å². The van der Waals surface area contributed by atoms with E-state index < -0.39 is 64.5 Å². The topological polar surface area (TPSA) is 243 Å². The minimum absolute atomic E-state index is 0.109. The third-order valence-electron chi connectivity index (χ3n) is 4.06. The van der Waals surface area contributed by atoms with E-state index in [1.54, 1.807) is 0 Å². The second-order valence-corrected chi connectivity index (χ2v) is 12.1. The maximum absolute atomic E-state index is 13.5. The van der Waals surface area contributed by atoms with Crippen LogP contribution in [0, 0.1) is 6.92 Å². The van der Waals surface area contributed by atoms with E-state index in [0.29, 0.717) is 0 Å². The van der Waals surface area contributed by atoms with E-state index in [0.717, 1.165) is 4.57 Å². The van der Waals surface area contributed by atoms with Gasteiger partial charge in [-0.25, -0.2) is 13.5 Å². The van der Waals surface area contributed by atoms with Gasteiger partial charge >= 0.3 is 20.9 Å². The van der Waals surface area contributed by atoms with Gasteiger partial charge in [0.25, 0.3) is 18.7 Å². The number of nitrogens with zero attached hydrogens (tertiary/aromatic N) is 4. The van der Waals surface area contributed by atoms with E-state index in [1.807, 2.05) is 4.98 Å². The summed E-state index contributed by atoms with van der Waals surface area (Å²) in [6.45, 7) is 0.595. The van der Waals surface area contributed by atoms with Gasteiger partial charge in [0.1, 0.15) is 6.23 Å². The summed E-state index contributed by atoms with van der Waals surface area (Å²) < 4.78 is 63.1.